The summed E-state index contributed by atoms with van der Waals surface area (Å²) in [7, 11) is 1.26. The van der Waals surface area contributed by atoms with Gasteiger partial charge in [0.15, 0.2) is 0 Å². The van der Waals surface area contributed by atoms with Crippen molar-refractivity contribution in [2.24, 2.45) is 11.8 Å². The quantitative estimate of drug-likeness (QED) is 0.217. The number of rotatable bonds is 11. The van der Waals surface area contributed by atoms with E-state index in [1.54, 1.807) is 11.0 Å². The normalized spacial score (nSPS) is 19.8. The average molecular weight is 641 g/mol. The summed E-state index contributed by atoms with van der Waals surface area (Å²) in [5.41, 5.74) is -2.20. The van der Waals surface area contributed by atoms with Crippen molar-refractivity contribution in [3.63, 3.8) is 0 Å². The SMILES string of the molecule is COC(=O)NCCC[C@@](O)(c1cccc(Cl)c1F)[C@@H]1CCCN(C(=O)NC[C@H](CC2CCCCC2)NC(=O)OC(C)(C)C)C1. The second-order valence-electron chi connectivity index (χ2n) is 13.1. The molecule has 1 saturated carbocycles. The molecule has 1 aromatic rings. The third kappa shape index (κ3) is 10.7. The molecule has 0 unspecified atom stereocenters. The highest BCUT2D eigenvalue weighted by molar-refractivity contribution is 6.30. The minimum absolute atomic E-state index is 0.0735. The van der Waals surface area contributed by atoms with E-state index in [0.717, 1.165) is 19.3 Å². The van der Waals surface area contributed by atoms with Gasteiger partial charge in [-0.1, -0.05) is 55.8 Å². The number of halogens is 2. The number of urea groups is 1. The Kier molecular flexibility index (Phi) is 13.4. The van der Waals surface area contributed by atoms with Crippen LogP contribution >= 0.6 is 11.6 Å². The van der Waals surface area contributed by atoms with E-state index in [0.29, 0.717) is 31.7 Å². The van der Waals surface area contributed by atoms with Gasteiger partial charge in [0, 0.05) is 43.7 Å². The van der Waals surface area contributed by atoms with Crippen molar-refractivity contribution in [1.29, 1.82) is 0 Å². The molecule has 0 radical (unpaired) electrons. The number of piperidine rings is 1. The fraction of sp³-hybridized carbons (Fsp3) is 0.719. The number of ether oxygens (including phenoxy) is 2. The first-order valence-electron chi connectivity index (χ1n) is 15.8. The van der Waals surface area contributed by atoms with Crippen molar-refractivity contribution in [2.75, 3.05) is 33.3 Å². The zero-order valence-electron chi connectivity index (χ0n) is 26.6. The molecule has 0 aromatic heterocycles. The Labute approximate surface area is 265 Å². The monoisotopic (exact) mass is 640 g/mol. The minimum atomic E-state index is -1.63. The topological polar surface area (TPSA) is 129 Å². The van der Waals surface area contributed by atoms with Crippen LogP contribution in [0.5, 0.6) is 0 Å². The predicted octanol–water partition coefficient (Wildman–Crippen LogP) is 6.09. The van der Waals surface area contributed by atoms with Crippen LogP contribution in [0.4, 0.5) is 18.8 Å². The van der Waals surface area contributed by atoms with Gasteiger partial charge < -0.3 is 35.4 Å². The van der Waals surface area contributed by atoms with Crippen LogP contribution < -0.4 is 16.0 Å². The van der Waals surface area contributed by atoms with Crippen LogP contribution in [0.25, 0.3) is 0 Å². The summed E-state index contributed by atoms with van der Waals surface area (Å²) >= 11 is 6.10. The van der Waals surface area contributed by atoms with Gasteiger partial charge in [-0.05, 0) is 64.9 Å². The van der Waals surface area contributed by atoms with E-state index >= 15 is 4.39 Å². The molecule has 1 saturated heterocycles. The van der Waals surface area contributed by atoms with Gasteiger partial charge in [0.05, 0.1) is 17.7 Å². The summed E-state index contributed by atoms with van der Waals surface area (Å²) in [6.45, 7) is 6.57. The Balaban J connectivity index is 1.70. The maximum absolute atomic E-state index is 15.3. The van der Waals surface area contributed by atoms with Crippen molar-refractivity contribution in [3.05, 3.63) is 34.6 Å². The largest absolute Gasteiger partial charge is 0.453 e. The molecule has 3 rings (SSSR count). The third-order valence-corrected chi connectivity index (χ3v) is 8.85. The Hall–Kier alpha value is -2.79. The Morgan fingerprint density at radius 1 is 1.09 bits per heavy atom. The van der Waals surface area contributed by atoms with Crippen LogP contribution in [-0.2, 0) is 15.1 Å². The Morgan fingerprint density at radius 3 is 2.50 bits per heavy atom. The lowest BCUT2D eigenvalue weighted by atomic mass is 9.74. The lowest BCUT2D eigenvalue weighted by Gasteiger charge is -2.43. The fourth-order valence-electron chi connectivity index (χ4n) is 6.38. The first-order valence-corrected chi connectivity index (χ1v) is 16.2. The molecule has 0 bridgehead atoms. The van der Waals surface area contributed by atoms with E-state index < -0.39 is 35.1 Å². The molecule has 4 N–H and O–H groups in total. The van der Waals surface area contributed by atoms with Crippen molar-refractivity contribution < 1.29 is 33.4 Å². The number of amides is 4. The summed E-state index contributed by atoms with van der Waals surface area (Å²) in [5.74, 6) is -0.708. The molecule has 1 aliphatic carbocycles. The number of nitrogens with one attached hydrogen (secondary N) is 3. The number of carbonyl (C=O) groups excluding carboxylic acids is 3. The number of hydrogen-bond acceptors (Lipinski definition) is 6. The Morgan fingerprint density at radius 2 is 1.82 bits per heavy atom. The molecular formula is C32H50ClFN4O6. The lowest BCUT2D eigenvalue weighted by Crippen LogP contribution is -2.53. The first kappa shape index (κ1) is 35.7. The summed E-state index contributed by atoms with van der Waals surface area (Å²) in [6.07, 6.45) is 7.07. The van der Waals surface area contributed by atoms with Crippen LogP contribution in [0.15, 0.2) is 18.2 Å². The first-order chi connectivity index (χ1) is 20.8. The van der Waals surface area contributed by atoms with Crippen LogP contribution in [0.3, 0.4) is 0 Å². The van der Waals surface area contributed by atoms with E-state index in [4.69, 9.17) is 16.3 Å². The van der Waals surface area contributed by atoms with Crippen molar-refractivity contribution in [1.82, 2.24) is 20.9 Å². The maximum atomic E-state index is 15.3. The molecule has 1 aliphatic heterocycles. The molecule has 248 valence electrons. The standard InChI is InChI=1S/C32H50ClFN4O6/c1-31(2,3)44-30(41)37-24(19-22-11-6-5-7-12-22)20-36-28(39)38-18-9-13-23(21-38)32(42,16-10-17-35-29(40)43-4)25-14-8-15-26(33)27(25)34/h8,14-15,22-24,42H,5-7,9-13,16-21H2,1-4H3,(H,35,40)(H,36,39)(H,37,41)/t23-,24+,32+/m1/s1. The zero-order chi connectivity index (χ0) is 32.3. The molecule has 1 aromatic carbocycles. The summed E-state index contributed by atoms with van der Waals surface area (Å²) in [4.78, 5) is 39.2. The van der Waals surface area contributed by atoms with E-state index in [1.807, 2.05) is 20.8 Å². The van der Waals surface area contributed by atoms with E-state index in [2.05, 4.69) is 20.7 Å². The van der Waals surface area contributed by atoms with E-state index in [-0.39, 0.29) is 48.7 Å². The van der Waals surface area contributed by atoms with Gasteiger partial charge in [-0.25, -0.2) is 18.8 Å². The van der Waals surface area contributed by atoms with Gasteiger partial charge in [0.2, 0.25) is 0 Å². The van der Waals surface area contributed by atoms with E-state index in [9.17, 15) is 19.5 Å². The van der Waals surface area contributed by atoms with Crippen LogP contribution in [0.1, 0.15) is 90.5 Å². The van der Waals surface area contributed by atoms with Gasteiger partial charge in [-0.3, -0.25) is 0 Å². The van der Waals surface area contributed by atoms with Gasteiger partial charge in [0.25, 0.3) is 0 Å². The second kappa shape index (κ2) is 16.5. The maximum Gasteiger partial charge on any atom is 0.407 e. The lowest BCUT2D eigenvalue weighted by molar-refractivity contribution is -0.0575. The third-order valence-electron chi connectivity index (χ3n) is 8.55. The summed E-state index contributed by atoms with van der Waals surface area (Å²) in [5, 5.41) is 20.5. The van der Waals surface area contributed by atoms with Gasteiger partial charge in [0.1, 0.15) is 11.4 Å². The molecule has 2 aliphatic rings. The number of hydrogen-bond donors (Lipinski definition) is 4. The number of benzene rings is 1. The molecule has 0 spiro atoms. The van der Waals surface area contributed by atoms with Gasteiger partial charge in [-0.15, -0.1) is 0 Å². The van der Waals surface area contributed by atoms with Gasteiger partial charge in [-0.2, -0.15) is 0 Å². The fourth-order valence-corrected chi connectivity index (χ4v) is 6.56. The predicted molar refractivity (Wildman–Crippen MR) is 167 cm³/mol. The highest BCUT2D eigenvalue weighted by Gasteiger charge is 2.43. The molecule has 12 heteroatoms. The van der Waals surface area contributed by atoms with Crippen LogP contribution in [0.2, 0.25) is 5.02 Å². The smallest absolute Gasteiger partial charge is 0.407 e. The van der Waals surface area contributed by atoms with Crippen LogP contribution in [0, 0.1) is 17.7 Å². The summed E-state index contributed by atoms with van der Waals surface area (Å²) < 4.78 is 25.4. The summed E-state index contributed by atoms with van der Waals surface area (Å²) in [6, 6.07) is 3.94. The highest BCUT2D eigenvalue weighted by atomic mass is 35.5. The van der Waals surface area contributed by atoms with Crippen molar-refractivity contribution in [2.45, 2.75) is 102 Å². The van der Waals surface area contributed by atoms with Crippen LogP contribution in [-0.4, -0.2) is 73.2 Å². The van der Waals surface area contributed by atoms with Crippen molar-refractivity contribution in [3.8, 4) is 0 Å². The molecule has 2 fully saturated rings. The Bertz CT molecular complexity index is 1110. The number of aliphatic hydroxyl groups is 1. The molecule has 44 heavy (non-hydrogen) atoms. The highest BCUT2D eigenvalue weighted by Crippen LogP contribution is 2.41. The van der Waals surface area contributed by atoms with E-state index in [1.165, 1.54) is 38.5 Å². The number of alkyl carbamates (subject to hydrolysis) is 2. The molecule has 10 nitrogen and oxygen atoms in total. The molecular weight excluding hydrogens is 591 g/mol. The molecule has 4 amide bonds. The number of carbonyl (C=O) groups is 3. The average Bonchev–Trinajstić information content (AvgIpc) is 2.98. The zero-order valence-corrected chi connectivity index (χ0v) is 27.3. The van der Waals surface area contributed by atoms with Gasteiger partial charge >= 0.3 is 18.2 Å². The molecule has 3 atom stereocenters. The number of likely N-dealkylation sites (tertiary alicyclic amines) is 1. The minimum Gasteiger partial charge on any atom is -0.453 e. The molecule has 1 heterocycles. The van der Waals surface area contributed by atoms with Crippen molar-refractivity contribution >= 4 is 29.8 Å². The number of methoxy groups -OCH3 is 1. The second-order valence-corrected chi connectivity index (χ2v) is 13.5. The number of nitrogens with zero attached hydrogens (tertiary/aromatic N) is 1.